The van der Waals surface area contributed by atoms with Crippen molar-refractivity contribution in [3.63, 3.8) is 0 Å². The molecule has 124 valence electrons. The number of para-hydroxylation sites is 1. The molecule has 1 aliphatic rings. The maximum absolute atomic E-state index is 6.54. The number of fused-ring (bicyclic) bond motifs is 1. The van der Waals surface area contributed by atoms with E-state index in [-0.39, 0.29) is 0 Å². The van der Waals surface area contributed by atoms with E-state index in [0.717, 1.165) is 22.4 Å². The molecule has 1 atom stereocenters. The van der Waals surface area contributed by atoms with Crippen LogP contribution in [0.5, 0.6) is 0 Å². The zero-order chi connectivity index (χ0) is 17.1. The second-order valence-corrected chi connectivity index (χ2v) is 6.03. The number of hydrogen-bond acceptors (Lipinski definition) is 3. The van der Waals surface area contributed by atoms with E-state index < -0.39 is 5.60 Å². The lowest BCUT2D eigenvalue weighted by atomic mass is 9.84. The van der Waals surface area contributed by atoms with Crippen LogP contribution in [0.3, 0.4) is 0 Å². The minimum atomic E-state index is -0.723. The summed E-state index contributed by atoms with van der Waals surface area (Å²) in [6, 6.07) is 28.3. The zero-order valence-electron chi connectivity index (χ0n) is 14.1. The van der Waals surface area contributed by atoms with Crippen molar-refractivity contribution in [2.75, 3.05) is 13.7 Å². The van der Waals surface area contributed by atoms with Gasteiger partial charge in [-0.05, 0) is 18.2 Å². The second kappa shape index (κ2) is 6.54. The largest absolute Gasteiger partial charge is 0.458 e. The van der Waals surface area contributed by atoms with E-state index in [2.05, 4.69) is 18.2 Å². The fourth-order valence-electron chi connectivity index (χ4n) is 3.28. The molecule has 0 fully saturated rings. The number of rotatable bonds is 4. The summed E-state index contributed by atoms with van der Waals surface area (Å²) in [4.78, 5) is 4.76. The summed E-state index contributed by atoms with van der Waals surface area (Å²) >= 11 is 0. The Morgan fingerprint density at radius 1 is 0.840 bits per heavy atom. The number of hydrogen-bond donors (Lipinski definition) is 0. The highest BCUT2D eigenvalue weighted by Crippen LogP contribution is 2.43. The summed E-state index contributed by atoms with van der Waals surface area (Å²) in [5.41, 5.74) is 3.21. The molecule has 0 N–H and O–H groups in total. The lowest BCUT2D eigenvalue weighted by Gasteiger charge is -2.38. The van der Waals surface area contributed by atoms with Gasteiger partial charge in [0.25, 0.3) is 0 Å². The van der Waals surface area contributed by atoms with Crippen molar-refractivity contribution in [1.82, 2.24) is 0 Å². The lowest BCUT2D eigenvalue weighted by molar-refractivity contribution is 0.00627. The van der Waals surface area contributed by atoms with E-state index in [0.29, 0.717) is 12.5 Å². The Morgan fingerprint density at radius 3 is 2.20 bits per heavy atom. The molecule has 3 aromatic carbocycles. The SMILES string of the molecule is COCC1(c2ccccc2)OC(c2ccccc2)=Nc2ccccc21. The molecule has 3 nitrogen and oxygen atoms in total. The van der Waals surface area contributed by atoms with Crippen molar-refractivity contribution >= 4 is 11.6 Å². The highest BCUT2D eigenvalue weighted by Gasteiger charge is 2.42. The number of nitrogens with zero attached hydrogens (tertiary/aromatic N) is 1. The van der Waals surface area contributed by atoms with Crippen LogP contribution in [0.15, 0.2) is 89.9 Å². The Balaban J connectivity index is 1.94. The molecular formula is C22H19NO2. The highest BCUT2D eigenvalue weighted by molar-refractivity contribution is 5.97. The number of methoxy groups -OCH3 is 1. The summed E-state index contributed by atoms with van der Waals surface area (Å²) in [5.74, 6) is 0.611. The molecule has 0 saturated carbocycles. The average Bonchev–Trinajstić information content (AvgIpc) is 2.69. The summed E-state index contributed by atoms with van der Waals surface area (Å²) in [7, 11) is 1.70. The minimum Gasteiger partial charge on any atom is -0.458 e. The predicted molar refractivity (Wildman–Crippen MR) is 99.3 cm³/mol. The molecule has 0 aromatic heterocycles. The molecule has 0 amide bonds. The summed E-state index contributed by atoms with van der Waals surface area (Å²) in [5, 5.41) is 0. The second-order valence-electron chi connectivity index (χ2n) is 6.03. The Bertz CT molecular complexity index is 890. The van der Waals surface area contributed by atoms with E-state index >= 15 is 0 Å². The van der Waals surface area contributed by atoms with E-state index in [1.54, 1.807) is 7.11 Å². The van der Waals surface area contributed by atoms with Crippen molar-refractivity contribution < 1.29 is 9.47 Å². The molecule has 1 aliphatic heterocycles. The van der Waals surface area contributed by atoms with Crippen molar-refractivity contribution in [2.45, 2.75) is 5.60 Å². The number of aliphatic imine (C=N–C) groups is 1. The average molecular weight is 329 g/mol. The monoisotopic (exact) mass is 329 g/mol. The Morgan fingerprint density at radius 2 is 1.48 bits per heavy atom. The summed E-state index contributed by atoms with van der Waals surface area (Å²) < 4.78 is 12.1. The summed E-state index contributed by atoms with van der Waals surface area (Å²) in [6.07, 6.45) is 0. The fraction of sp³-hybridized carbons (Fsp3) is 0.136. The fourth-order valence-corrected chi connectivity index (χ4v) is 3.28. The molecular weight excluding hydrogens is 310 g/mol. The topological polar surface area (TPSA) is 30.8 Å². The van der Waals surface area contributed by atoms with Gasteiger partial charge in [-0.1, -0.05) is 66.7 Å². The van der Waals surface area contributed by atoms with Gasteiger partial charge in [0.05, 0.1) is 12.3 Å². The molecule has 1 unspecified atom stereocenters. The Kier molecular flexibility index (Phi) is 4.08. The van der Waals surface area contributed by atoms with Gasteiger partial charge in [-0.3, -0.25) is 0 Å². The first-order chi connectivity index (χ1) is 12.3. The first-order valence-electron chi connectivity index (χ1n) is 8.30. The van der Waals surface area contributed by atoms with Crippen LogP contribution >= 0.6 is 0 Å². The molecule has 0 aliphatic carbocycles. The third-order valence-corrected chi connectivity index (χ3v) is 4.44. The third-order valence-electron chi connectivity index (χ3n) is 4.44. The first-order valence-corrected chi connectivity index (χ1v) is 8.30. The predicted octanol–water partition coefficient (Wildman–Crippen LogP) is 4.69. The maximum atomic E-state index is 6.54. The van der Waals surface area contributed by atoms with Gasteiger partial charge in [0.2, 0.25) is 5.90 Å². The first kappa shape index (κ1) is 15.6. The zero-order valence-corrected chi connectivity index (χ0v) is 14.1. The minimum absolute atomic E-state index is 0.403. The quantitative estimate of drug-likeness (QED) is 0.695. The van der Waals surface area contributed by atoms with Crippen LogP contribution in [0.25, 0.3) is 0 Å². The van der Waals surface area contributed by atoms with Gasteiger partial charge in [0, 0.05) is 23.8 Å². The van der Waals surface area contributed by atoms with Crippen LogP contribution in [-0.4, -0.2) is 19.6 Å². The van der Waals surface area contributed by atoms with E-state index in [1.807, 2.05) is 66.7 Å². The van der Waals surface area contributed by atoms with Crippen LogP contribution < -0.4 is 0 Å². The molecule has 0 bridgehead atoms. The standard InChI is InChI=1S/C22H19NO2/c1-24-16-22(18-12-6-3-7-13-18)19-14-8-9-15-20(19)23-21(25-22)17-10-4-2-5-11-17/h2-15H,16H2,1H3. The van der Waals surface area contributed by atoms with Crippen molar-refractivity contribution in [1.29, 1.82) is 0 Å². The van der Waals surface area contributed by atoms with Crippen LogP contribution in [-0.2, 0) is 15.1 Å². The molecule has 0 radical (unpaired) electrons. The van der Waals surface area contributed by atoms with Gasteiger partial charge in [-0.25, -0.2) is 4.99 Å². The van der Waals surface area contributed by atoms with Gasteiger partial charge in [0.1, 0.15) is 0 Å². The number of ether oxygens (including phenoxy) is 2. The third kappa shape index (κ3) is 2.73. The number of benzene rings is 3. The lowest BCUT2D eigenvalue weighted by Crippen LogP contribution is -2.40. The smallest absolute Gasteiger partial charge is 0.222 e. The van der Waals surface area contributed by atoms with E-state index in [9.17, 15) is 0 Å². The summed E-state index contributed by atoms with van der Waals surface area (Å²) in [6.45, 7) is 0.403. The van der Waals surface area contributed by atoms with Gasteiger partial charge < -0.3 is 9.47 Å². The molecule has 0 saturated heterocycles. The molecule has 3 aromatic rings. The maximum Gasteiger partial charge on any atom is 0.222 e. The van der Waals surface area contributed by atoms with Gasteiger partial charge >= 0.3 is 0 Å². The van der Waals surface area contributed by atoms with Crippen molar-refractivity contribution in [3.05, 3.63) is 102 Å². The van der Waals surface area contributed by atoms with Crippen LogP contribution in [0.1, 0.15) is 16.7 Å². The van der Waals surface area contributed by atoms with Crippen LogP contribution in [0.2, 0.25) is 0 Å². The highest BCUT2D eigenvalue weighted by atomic mass is 16.5. The van der Waals surface area contributed by atoms with Crippen molar-refractivity contribution in [2.24, 2.45) is 4.99 Å². The van der Waals surface area contributed by atoms with Crippen LogP contribution in [0.4, 0.5) is 5.69 Å². The van der Waals surface area contributed by atoms with Gasteiger partial charge in [-0.15, -0.1) is 0 Å². The Labute approximate surface area is 147 Å². The molecule has 4 rings (SSSR count). The normalized spacial score (nSPS) is 18.8. The molecule has 25 heavy (non-hydrogen) atoms. The van der Waals surface area contributed by atoms with E-state index in [1.165, 1.54) is 0 Å². The van der Waals surface area contributed by atoms with E-state index in [4.69, 9.17) is 14.5 Å². The van der Waals surface area contributed by atoms with Crippen LogP contribution in [0, 0.1) is 0 Å². The molecule has 0 spiro atoms. The van der Waals surface area contributed by atoms with Gasteiger partial charge in [-0.2, -0.15) is 0 Å². The van der Waals surface area contributed by atoms with Gasteiger partial charge in [0.15, 0.2) is 5.60 Å². The molecule has 3 heteroatoms. The molecule has 1 heterocycles. The Hall–Kier alpha value is -2.91. The van der Waals surface area contributed by atoms with Crippen molar-refractivity contribution in [3.8, 4) is 0 Å².